The fraction of sp³-hybridized carbons (Fsp3) is 0.0833. The molecule has 0 bridgehead atoms. The van der Waals surface area contributed by atoms with Gasteiger partial charge in [-0.1, -0.05) is 0 Å². The highest BCUT2D eigenvalue weighted by Gasteiger charge is 2.26. The number of rotatable bonds is 8. The minimum Gasteiger partial charge on any atom is -0.497 e. The number of hydrogen-bond donors (Lipinski definition) is 0. The molecule has 0 fully saturated rings. The molecule has 0 N–H and O–H groups in total. The number of carbonyl (C=O) groups excluding carboxylic acids is 4. The standard InChI is InChI=1S/C24H16N6O6/c1-35-15-7-3-13(4-8-15)21(31)17-11-18(22(32)14-5-9-16(36-2)10-6-14)20(24(34)28-30-26)12-19(17)23(33)27-29-25/h3-12H,1-2H3. The van der Waals surface area contributed by atoms with Crippen LogP contribution in [0.2, 0.25) is 0 Å². The van der Waals surface area contributed by atoms with Gasteiger partial charge in [0.15, 0.2) is 11.6 Å². The Bertz CT molecular complexity index is 1360. The zero-order valence-corrected chi connectivity index (χ0v) is 18.9. The Morgan fingerprint density at radius 2 is 0.944 bits per heavy atom. The minimum absolute atomic E-state index is 0.128. The normalized spacial score (nSPS) is 9.83. The van der Waals surface area contributed by atoms with E-state index >= 15 is 0 Å². The zero-order valence-electron chi connectivity index (χ0n) is 18.9. The summed E-state index contributed by atoms with van der Waals surface area (Å²) in [6.07, 6.45) is 0. The predicted molar refractivity (Wildman–Crippen MR) is 126 cm³/mol. The van der Waals surface area contributed by atoms with Crippen molar-refractivity contribution < 1.29 is 28.7 Å². The molecule has 0 aliphatic heterocycles. The van der Waals surface area contributed by atoms with Crippen molar-refractivity contribution >= 4 is 23.4 Å². The monoisotopic (exact) mass is 484 g/mol. The Hall–Kier alpha value is -5.44. The fourth-order valence-corrected chi connectivity index (χ4v) is 3.31. The zero-order chi connectivity index (χ0) is 26.2. The smallest absolute Gasteiger partial charge is 0.249 e. The van der Waals surface area contributed by atoms with Crippen LogP contribution in [0.4, 0.5) is 0 Å². The third-order valence-electron chi connectivity index (χ3n) is 5.08. The lowest BCUT2D eigenvalue weighted by Gasteiger charge is -2.13. The van der Waals surface area contributed by atoms with Crippen LogP contribution in [0.15, 0.2) is 70.9 Å². The van der Waals surface area contributed by atoms with Crippen molar-refractivity contribution in [3.8, 4) is 11.5 Å². The number of methoxy groups -OCH3 is 2. The topological polar surface area (TPSA) is 184 Å². The van der Waals surface area contributed by atoms with Crippen molar-refractivity contribution in [2.45, 2.75) is 0 Å². The molecule has 0 aliphatic carbocycles. The molecule has 0 aromatic heterocycles. The van der Waals surface area contributed by atoms with Crippen LogP contribution in [0.5, 0.6) is 11.5 Å². The maximum absolute atomic E-state index is 13.4. The van der Waals surface area contributed by atoms with Crippen molar-refractivity contribution in [1.82, 2.24) is 0 Å². The van der Waals surface area contributed by atoms with Gasteiger partial charge < -0.3 is 9.47 Å². The fourth-order valence-electron chi connectivity index (χ4n) is 3.31. The van der Waals surface area contributed by atoms with Gasteiger partial charge in [-0.15, -0.1) is 0 Å². The Balaban J connectivity index is 2.29. The van der Waals surface area contributed by atoms with Gasteiger partial charge in [0, 0.05) is 43.2 Å². The minimum atomic E-state index is -1.17. The number of nitrogens with zero attached hydrogens (tertiary/aromatic N) is 6. The lowest BCUT2D eigenvalue weighted by molar-refractivity contribution is 0.0972. The van der Waals surface area contributed by atoms with Gasteiger partial charge in [0.2, 0.25) is 11.8 Å². The molecule has 0 radical (unpaired) electrons. The molecule has 3 aromatic rings. The number of hydrogen-bond acceptors (Lipinski definition) is 6. The lowest BCUT2D eigenvalue weighted by atomic mass is 9.89. The maximum Gasteiger partial charge on any atom is 0.249 e. The van der Waals surface area contributed by atoms with Gasteiger partial charge in [-0.3, -0.25) is 19.2 Å². The molecule has 2 amide bonds. The highest BCUT2D eigenvalue weighted by atomic mass is 16.5. The second-order valence-electron chi connectivity index (χ2n) is 7.05. The van der Waals surface area contributed by atoms with E-state index in [-0.39, 0.29) is 22.3 Å². The quantitative estimate of drug-likeness (QED) is 0.186. The van der Waals surface area contributed by atoms with Gasteiger partial charge in [-0.2, -0.15) is 0 Å². The van der Waals surface area contributed by atoms with E-state index in [1.165, 1.54) is 62.8 Å². The highest BCUT2D eigenvalue weighted by molar-refractivity contribution is 6.21. The summed E-state index contributed by atoms with van der Waals surface area (Å²) in [5.74, 6) is -2.78. The number of ether oxygens (including phenoxy) is 2. The summed E-state index contributed by atoms with van der Waals surface area (Å²) in [4.78, 5) is 56.7. The molecule has 0 atom stereocenters. The van der Waals surface area contributed by atoms with Crippen LogP contribution in [-0.2, 0) is 0 Å². The molecular formula is C24H16N6O6. The van der Waals surface area contributed by atoms with E-state index in [0.29, 0.717) is 11.5 Å². The summed E-state index contributed by atoms with van der Waals surface area (Å²) in [5, 5.41) is 6.03. The van der Waals surface area contributed by atoms with Crippen LogP contribution in [-0.4, -0.2) is 37.6 Å². The Morgan fingerprint density at radius 3 is 1.25 bits per heavy atom. The first-order valence-electron chi connectivity index (χ1n) is 10.1. The number of benzene rings is 3. The summed E-state index contributed by atoms with van der Waals surface area (Å²) in [6, 6.07) is 13.8. The summed E-state index contributed by atoms with van der Waals surface area (Å²) >= 11 is 0. The molecule has 0 saturated heterocycles. The van der Waals surface area contributed by atoms with Crippen LogP contribution in [0.3, 0.4) is 0 Å². The van der Waals surface area contributed by atoms with Crippen molar-refractivity contribution in [1.29, 1.82) is 0 Å². The van der Waals surface area contributed by atoms with E-state index in [9.17, 15) is 19.2 Å². The molecule has 36 heavy (non-hydrogen) atoms. The molecule has 12 nitrogen and oxygen atoms in total. The maximum atomic E-state index is 13.4. The van der Waals surface area contributed by atoms with Crippen LogP contribution >= 0.6 is 0 Å². The SMILES string of the molecule is COc1ccc(C(=O)c2cc(C(=O)c3ccc(OC)cc3)c(C(=O)N=[N+]=[N-])cc2C(=O)N=[N+]=[N-])cc1. The second kappa shape index (κ2) is 11.1. The summed E-state index contributed by atoms with van der Waals surface area (Å²) in [7, 11) is 2.90. The predicted octanol–water partition coefficient (Wildman–Crippen LogP) is 5.07. The van der Waals surface area contributed by atoms with Gasteiger partial charge in [0.1, 0.15) is 11.5 Å². The first-order valence-corrected chi connectivity index (χ1v) is 10.1. The average molecular weight is 484 g/mol. The van der Waals surface area contributed by atoms with Crippen LogP contribution in [0, 0.1) is 0 Å². The van der Waals surface area contributed by atoms with Gasteiger partial charge in [0.25, 0.3) is 0 Å². The molecular weight excluding hydrogens is 468 g/mol. The molecule has 0 aliphatic rings. The number of ketones is 2. The highest BCUT2D eigenvalue weighted by Crippen LogP contribution is 2.26. The average Bonchev–Trinajstić information content (AvgIpc) is 2.91. The van der Waals surface area contributed by atoms with Crippen molar-refractivity contribution in [2.24, 2.45) is 10.2 Å². The van der Waals surface area contributed by atoms with Gasteiger partial charge in [-0.05, 0) is 82.0 Å². The molecule has 3 rings (SSSR count). The molecule has 0 heterocycles. The van der Waals surface area contributed by atoms with Crippen LogP contribution in [0.25, 0.3) is 20.9 Å². The second-order valence-corrected chi connectivity index (χ2v) is 7.05. The van der Waals surface area contributed by atoms with E-state index in [0.717, 1.165) is 12.1 Å². The van der Waals surface area contributed by atoms with E-state index in [1.54, 1.807) is 0 Å². The molecule has 0 unspecified atom stereocenters. The molecule has 178 valence electrons. The summed E-state index contributed by atoms with van der Waals surface area (Å²) < 4.78 is 10.2. The molecule has 0 spiro atoms. The first-order chi connectivity index (χ1) is 17.3. The van der Waals surface area contributed by atoms with Gasteiger partial charge in [0.05, 0.1) is 14.2 Å². The Kier molecular flexibility index (Phi) is 7.78. The van der Waals surface area contributed by atoms with Crippen molar-refractivity contribution in [3.05, 3.63) is 115 Å². The number of azide groups is 2. The number of amides is 2. The summed E-state index contributed by atoms with van der Waals surface area (Å²) in [6.45, 7) is 0. The molecule has 3 aromatic carbocycles. The van der Waals surface area contributed by atoms with E-state index in [4.69, 9.17) is 20.5 Å². The largest absolute Gasteiger partial charge is 0.497 e. The molecule has 12 heteroatoms. The first kappa shape index (κ1) is 25.2. The van der Waals surface area contributed by atoms with E-state index < -0.39 is 34.5 Å². The molecule has 0 saturated carbocycles. The van der Waals surface area contributed by atoms with Gasteiger partial charge >= 0.3 is 0 Å². The van der Waals surface area contributed by atoms with Crippen LogP contribution < -0.4 is 9.47 Å². The third kappa shape index (κ3) is 5.20. The summed E-state index contributed by atoms with van der Waals surface area (Å²) in [5.41, 5.74) is 16.2. The van der Waals surface area contributed by atoms with Crippen molar-refractivity contribution in [2.75, 3.05) is 14.2 Å². The third-order valence-corrected chi connectivity index (χ3v) is 5.08. The van der Waals surface area contributed by atoms with E-state index in [1.807, 2.05) is 0 Å². The number of carbonyl (C=O) groups is 4. The van der Waals surface area contributed by atoms with Crippen molar-refractivity contribution in [3.63, 3.8) is 0 Å². The Labute approximate surface area is 203 Å². The Morgan fingerprint density at radius 1 is 0.611 bits per heavy atom. The van der Waals surface area contributed by atoms with Crippen LogP contribution in [0.1, 0.15) is 52.6 Å². The lowest BCUT2D eigenvalue weighted by Crippen LogP contribution is -2.16. The van der Waals surface area contributed by atoms with Gasteiger partial charge in [-0.25, -0.2) is 0 Å². The van der Waals surface area contributed by atoms with E-state index in [2.05, 4.69) is 20.1 Å².